The first-order chi connectivity index (χ1) is 9.61. The van der Waals surface area contributed by atoms with Crippen molar-refractivity contribution in [3.05, 3.63) is 52.8 Å². The van der Waals surface area contributed by atoms with E-state index < -0.39 is 5.91 Å². The van der Waals surface area contributed by atoms with Crippen molar-refractivity contribution in [3.63, 3.8) is 0 Å². The zero-order valence-electron chi connectivity index (χ0n) is 10.8. The third-order valence-corrected chi connectivity index (χ3v) is 2.90. The lowest BCUT2D eigenvalue weighted by Gasteiger charge is -2.13. The van der Waals surface area contributed by atoms with E-state index in [-0.39, 0.29) is 10.6 Å². The number of rotatable bonds is 5. The number of aromatic nitrogens is 1. The van der Waals surface area contributed by atoms with E-state index in [0.717, 1.165) is 5.56 Å². The van der Waals surface area contributed by atoms with Crippen molar-refractivity contribution in [2.45, 2.75) is 6.61 Å². The number of amides is 1. The number of pyridine rings is 1. The van der Waals surface area contributed by atoms with Crippen LogP contribution in [0.4, 0.5) is 0 Å². The van der Waals surface area contributed by atoms with E-state index in [9.17, 15) is 4.79 Å². The number of primary amides is 1. The van der Waals surface area contributed by atoms with Crippen molar-refractivity contribution in [3.8, 4) is 11.5 Å². The van der Waals surface area contributed by atoms with Gasteiger partial charge in [-0.3, -0.25) is 9.78 Å². The number of halogens is 1. The first-order valence-corrected chi connectivity index (χ1v) is 6.18. The van der Waals surface area contributed by atoms with Crippen LogP contribution in [0.25, 0.3) is 0 Å². The predicted molar refractivity (Wildman–Crippen MR) is 75.1 cm³/mol. The van der Waals surface area contributed by atoms with Crippen LogP contribution in [0.5, 0.6) is 11.5 Å². The molecule has 1 aromatic carbocycles. The van der Waals surface area contributed by atoms with Crippen molar-refractivity contribution in [1.29, 1.82) is 0 Å². The minimum atomic E-state index is -0.580. The Labute approximate surface area is 121 Å². The molecule has 0 unspecified atom stereocenters. The van der Waals surface area contributed by atoms with E-state index in [0.29, 0.717) is 18.1 Å². The van der Waals surface area contributed by atoms with E-state index in [1.54, 1.807) is 12.4 Å². The molecule has 6 heteroatoms. The summed E-state index contributed by atoms with van der Waals surface area (Å²) in [5.74, 6) is 0.141. The second-order valence-corrected chi connectivity index (χ2v) is 4.41. The monoisotopic (exact) mass is 292 g/mol. The van der Waals surface area contributed by atoms with E-state index >= 15 is 0 Å². The van der Waals surface area contributed by atoms with Gasteiger partial charge in [-0.05, 0) is 18.2 Å². The van der Waals surface area contributed by atoms with Gasteiger partial charge in [0.1, 0.15) is 6.61 Å². The van der Waals surface area contributed by atoms with Crippen LogP contribution in [0.1, 0.15) is 15.9 Å². The Kier molecular flexibility index (Phi) is 4.42. The molecule has 5 nitrogen and oxygen atoms in total. The van der Waals surface area contributed by atoms with Gasteiger partial charge >= 0.3 is 0 Å². The van der Waals surface area contributed by atoms with Crippen LogP contribution in [0.15, 0.2) is 36.7 Å². The highest BCUT2D eigenvalue weighted by Crippen LogP contribution is 2.36. The van der Waals surface area contributed by atoms with E-state index in [2.05, 4.69) is 4.98 Å². The molecule has 104 valence electrons. The Morgan fingerprint density at radius 3 is 2.85 bits per heavy atom. The summed E-state index contributed by atoms with van der Waals surface area (Å²) in [7, 11) is 1.47. The highest BCUT2D eigenvalue weighted by atomic mass is 35.5. The second kappa shape index (κ2) is 6.25. The molecule has 1 amide bonds. The van der Waals surface area contributed by atoms with Gasteiger partial charge < -0.3 is 15.2 Å². The molecule has 0 atom stereocenters. The average Bonchev–Trinajstić information content (AvgIpc) is 2.46. The zero-order chi connectivity index (χ0) is 14.5. The molecule has 20 heavy (non-hydrogen) atoms. The van der Waals surface area contributed by atoms with Gasteiger partial charge in [-0.25, -0.2) is 0 Å². The average molecular weight is 293 g/mol. The van der Waals surface area contributed by atoms with Gasteiger partial charge in [-0.1, -0.05) is 17.7 Å². The molecule has 0 aliphatic rings. The van der Waals surface area contributed by atoms with Gasteiger partial charge in [0, 0.05) is 23.5 Å². The SMILES string of the molecule is COc1cc(C(N)=O)cc(Cl)c1OCc1cccnc1. The lowest BCUT2D eigenvalue weighted by atomic mass is 10.2. The fraction of sp³-hybridized carbons (Fsp3) is 0.143. The Morgan fingerprint density at radius 1 is 1.45 bits per heavy atom. The van der Waals surface area contributed by atoms with Gasteiger partial charge in [0.25, 0.3) is 0 Å². The fourth-order valence-electron chi connectivity index (χ4n) is 1.64. The summed E-state index contributed by atoms with van der Waals surface area (Å²) in [6.45, 7) is 0.292. The molecular formula is C14H13ClN2O3. The van der Waals surface area contributed by atoms with Gasteiger partial charge in [0.2, 0.25) is 5.91 Å². The molecule has 0 aliphatic heterocycles. The molecular weight excluding hydrogens is 280 g/mol. The van der Waals surface area contributed by atoms with Gasteiger partial charge in [0.15, 0.2) is 11.5 Å². The molecule has 0 bridgehead atoms. The Hall–Kier alpha value is -2.27. The Morgan fingerprint density at radius 2 is 2.25 bits per heavy atom. The number of carbonyl (C=O) groups excluding carboxylic acids is 1. The number of benzene rings is 1. The molecule has 0 saturated heterocycles. The molecule has 0 spiro atoms. The molecule has 0 fully saturated rings. The summed E-state index contributed by atoms with van der Waals surface area (Å²) in [4.78, 5) is 15.2. The summed E-state index contributed by atoms with van der Waals surface area (Å²) in [5, 5.41) is 0.266. The number of carbonyl (C=O) groups is 1. The maximum atomic E-state index is 11.2. The standard InChI is InChI=1S/C14H13ClN2O3/c1-19-12-6-10(14(16)18)5-11(15)13(12)20-8-9-3-2-4-17-7-9/h2-7H,8H2,1H3,(H2,16,18). The number of nitrogens with zero attached hydrogens (tertiary/aromatic N) is 1. The van der Waals surface area contributed by atoms with Crippen LogP contribution in [0, 0.1) is 0 Å². The summed E-state index contributed by atoms with van der Waals surface area (Å²) in [6.07, 6.45) is 3.37. The van der Waals surface area contributed by atoms with E-state index in [1.807, 2.05) is 12.1 Å². The topological polar surface area (TPSA) is 74.4 Å². The van der Waals surface area contributed by atoms with Crippen molar-refractivity contribution in [2.75, 3.05) is 7.11 Å². The van der Waals surface area contributed by atoms with Crippen LogP contribution >= 0.6 is 11.6 Å². The maximum absolute atomic E-state index is 11.2. The first kappa shape index (κ1) is 14.1. The largest absolute Gasteiger partial charge is 0.493 e. The Bertz CT molecular complexity index is 617. The lowest BCUT2D eigenvalue weighted by Crippen LogP contribution is -2.11. The normalized spacial score (nSPS) is 10.1. The minimum Gasteiger partial charge on any atom is -0.493 e. The molecule has 2 aromatic rings. The number of ether oxygens (including phenoxy) is 2. The second-order valence-electron chi connectivity index (χ2n) is 4.00. The van der Waals surface area contributed by atoms with Crippen molar-refractivity contribution >= 4 is 17.5 Å². The van der Waals surface area contributed by atoms with Crippen LogP contribution in [-0.2, 0) is 6.61 Å². The summed E-state index contributed by atoms with van der Waals surface area (Å²) >= 11 is 6.10. The zero-order valence-corrected chi connectivity index (χ0v) is 11.6. The quantitative estimate of drug-likeness (QED) is 0.918. The predicted octanol–water partition coefficient (Wildman–Crippen LogP) is 2.42. The number of hydrogen-bond donors (Lipinski definition) is 1. The maximum Gasteiger partial charge on any atom is 0.248 e. The van der Waals surface area contributed by atoms with Crippen molar-refractivity contribution in [2.24, 2.45) is 5.73 Å². The minimum absolute atomic E-state index is 0.264. The van der Waals surface area contributed by atoms with Crippen LogP contribution in [0.2, 0.25) is 5.02 Å². The number of methoxy groups -OCH3 is 1. The van der Waals surface area contributed by atoms with Crippen LogP contribution in [0.3, 0.4) is 0 Å². The van der Waals surface area contributed by atoms with E-state index in [1.165, 1.54) is 19.2 Å². The van der Waals surface area contributed by atoms with Crippen LogP contribution in [-0.4, -0.2) is 18.0 Å². The molecule has 0 aliphatic carbocycles. The fourth-order valence-corrected chi connectivity index (χ4v) is 1.91. The van der Waals surface area contributed by atoms with Crippen LogP contribution < -0.4 is 15.2 Å². The highest BCUT2D eigenvalue weighted by Gasteiger charge is 2.14. The molecule has 1 heterocycles. The molecule has 0 saturated carbocycles. The van der Waals surface area contributed by atoms with Gasteiger partial charge in [-0.15, -0.1) is 0 Å². The summed E-state index contributed by atoms with van der Waals surface area (Å²) in [6, 6.07) is 6.64. The van der Waals surface area contributed by atoms with Crippen molar-refractivity contribution in [1.82, 2.24) is 4.98 Å². The lowest BCUT2D eigenvalue weighted by molar-refractivity contribution is 0.1000. The number of nitrogens with two attached hydrogens (primary N) is 1. The molecule has 1 aromatic heterocycles. The third-order valence-electron chi connectivity index (χ3n) is 2.62. The molecule has 0 radical (unpaired) electrons. The van der Waals surface area contributed by atoms with Crippen molar-refractivity contribution < 1.29 is 14.3 Å². The first-order valence-electron chi connectivity index (χ1n) is 5.81. The smallest absolute Gasteiger partial charge is 0.248 e. The van der Waals surface area contributed by atoms with Gasteiger partial charge in [0.05, 0.1) is 12.1 Å². The highest BCUT2D eigenvalue weighted by molar-refractivity contribution is 6.32. The number of hydrogen-bond acceptors (Lipinski definition) is 4. The van der Waals surface area contributed by atoms with E-state index in [4.69, 9.17) is 26.8 Å². The Balaban J connectivity index is 2.25. The third kappa shape index (κ3) is 3.19. The summed E-state index contributed by atoms with van der Waals surface area (Å²) in [5.41, 5.74) is 6.38. The molecule has 2 N–H and O–H groups in total. The van der Waals surface area contributed by atoms with Gasteiger partial charge in [-0.2, -0.15) is 0 Å². The molecule has 2 rings (SSSR count). The summed E-state index contributed by atoms with van der Waals surface area (Å²) < 4.78 is 10.8.